The lowest BCUT2D eigenvalue weighted by Crippen LogP contribution is -2.30. The van der Waals surface area contributed by atoms with Gasteiger partial charge in [0, 0.05) is 24.3 Å². The number of methoxy groups -OCH3 is 1. The Labute approximate surface area is 208 Å². The molecular weight excluding hydrogens is 456 g/mol. The number of ether oxygens (including phenoxy) is 1. The van der Waals surface area contributed by atoms with E-state index in [9.17, 15) is 14.7 Å². The fraction of sp³-hybridized carbons (Fsp3) is 0.207. The van der Waals surface area contributed by atoms with E-state index in [0.717, 1.165) is 16.7 Å². The number of pyridine rings is 1. The van der Waals surface area contributed by atoms with E-state index in [1.807, 2.05) is 30.3 Å². The number of para-hydroxylation sites is 1. The Balaban J connectivity index is 1.60. The Bertz CT molecular complexity index is 1470. The largest absolute Gasteiger partial charge is 0.503 e. The third-order valence-electron chi connectivity index (χ3n) is 6.52. The van der Waals surface area contributed by atoms with E-state index in [0.29, 0.717) is 22.6 Å². The van der Waals surface area contributed by atoms with Crippen LogP contribution in [0.25, 0.3) is 11.0 Å². The number of nitrogens with zero attached hydrogens (tertiary/aromatic N) is 2. The second-order valence-electron chi connectivity index (χ2n) is 9.09. The first kappa shape index (κ1) is 23.4. The highest BCUT2D eigenvalue weighted by Crippen LogP contribution is 2.41. The molecule has 0 fully saturated rings. The van der Waals surface area contributed by atoms with E-state index in [2.05, 4.69) is 18.8 Å². The van der Waals surface area contributed by atoms with Gasteiger partial charge in [0.15, 0.2) is 22.9 Å². The second kappa shape index (κ2) is 9.34. The van der Waals surface area contributed by atoms with Gasteiger partial charge in [-0.1, -0.05) is 50.2 Å². The van der Waals surface area contributed by atoms with Crippen molar-refractivity contribution in [3.05, 3.63) is 107 Å². The van der Waals surface area contributed by atoms with Crippen LogP contribution in [0.5, 0.6) is 5.75 Å². The van der Waals surface area contributed by atoms with Gasteiger partial charge in [0.05, 0.1) is 18.7 Å². The lowest BCUT2D eigenvalue weighted by Gasteiger charge is -2.27. The summed E-state index contributed by atoms with van der Waals surface area (Å²) in [6.45, 7) is 4.40. The molecule has 1 aliphatic heterocycles. The minimum absolute atomic E-state index is 0.00984. The van der Waals surface area contributed by atoms with Gasteiger partial charge in [-0.15, -0.1) is 0 Å². The summed E-state index contributed by atoms with van der Waals surface area (Å²) in [5, 5.41) is 11.7. The van der Waals surface area contributed by atoms with Crippen LogP contribution < -0.4 is 4.74 Å². The van der Waals surface area contributed by atoms with E-state index < -0.39 is 23.5 Å². The highest BCUT2D eigenvalue weighted by atomic mass is 16.5. The molecule has 0 saturated heterocycles. The molecule has 182 valence electrons. The highest BCUT2D eigenvalue weighted by Gasteiger charge is 2.44. The van der Waals surface area contributed by atoms with Crippen molar-refractivity contribution in [2.24, 2.45) is 0 Å². The van der Waals surface area contributed by atoms with Crippen LogP contribution in [0.4, 0.5) is 0 Å². The predicted octanol–water partition coefficient (Wildman–Crippen LogP) is 5.74. The van der Waals surface area contributed by atoms with Gasteiger partial charge in [0.25, 0.3) is 5.91 Å². The molecule has 1 amide bonds. The van der Waals surface area contributed by atoms with Crippen LogP contribution in [0.2, 0.25) is 0 Å². The van der Waals surface area contributed by atoms with E-state index in [1.165, 1.54) is 12.0 Å². The monoisotopic (exact) mass is 482 g/mol. The predicted molar refractivity (Wildman–Crippen MR) is 135 cm³/mol. The molecule has 1 atom stereocenters. The van der Waals surface area contributed by atoms with E-state index in [1.54, 1.807) is 42.7 Å². The van der Waals surface area contributed by atoms with Crippen molar-refractivity contribution in [3.63, 3.8) is 0 Å². The number of aliphatic hydroxyl groups is 1. The molecule has 0 aliphatic carbocycles. The van der Waals surface area contributed by atoms with Crippen LogP contribution in [0.3, 0.4) is 0 Å². The minimum atomic E-state index is -0.783. The molecule has 0 bridgehead atoms. The van der Waals surface area contributed by atoms with E-state index in [-0.39, 0.29) is 17.9 Å². The number of Topliss-reactive ketones (excluding diaryl/α,β-unsaturated/α-hetero) is 1. The number of furan rings is 1. The smallest absolute Gasteiger partial charge is 0.290 e. The van der Waals surface area contributed by atoms with Gasteiger partial charge < -0.3 is 19.2 Å². The van der Waals surface area contributed by atoms with Crippen molar-refractivity contribution in [2.45, 2.75) is 32.4 Å². The quantitative estimate of drug-likeness (QED) is 0.338. The standard InChI is InChI=1S/C29H26N2O5/c1-17(2)19-7-9-20(10-8-19)25-24(27(33)29(34)31(25)16-18-11-13-30-14-12-18)26(32)23-15-21-5-4-6-22(35-3)28(21)36-23/h4-15,17,25,33H,16H2,1-3H3. The van der Waals surface area contributed by atoms with Crippen LogP contribution in [0, 0.1) is 0 Å². The number of rotatable bonds is 7. The Morgan fingerprint density at radius 1 is 1.11 bits per heavy atom. The highest BCUT2D eigenvalue weighted by molar-refractivity contribution is 6.16. The normalized spacial score (nSPS) is 15.8. The summed E-state index contributed by atoms with van der Waals surface area (Å²) in [5.41, 5.74) is 3.11. The molecule has 5 rings (SSSR count). The van der Waals surface area contributed by atoms with Crippen LogP contribution in [0.1, 0.15) is 53.1 Å². The minimum Gasteiger partial charge on any atom is -0.503 e. The molecule has 0 saturated carbocycles. The number of amides is 1. The zero-order chi connectivity index (χ0) is 25.4. The maximum atomic E-state index is 13.8. The summed E-state index contributed by atoms with van der Waals surface area (Å²) in [4.78, 5) is 32.6. The van der Waals surface area contributed by atoms with Crippen molar-refractivity contribution in [1.29, 1.82) is 0 Å². The molecule has 0 radical (unpaired) electrons. The number of carbonyl (C=O) groups excluding carboxylic acids is 2. The van der Waals surface area contributed by atoms with Crippen LogP contribution in [-0.4, -0.2) is 33.8 Å². The first-order valence-electron chi connectivity index (χ1n) is 11.7. The van der Waals surface area contributed by atoms with Gasteiger partial charge in [-0.2, -0.15) is 0 Å². The number of benzene rings is 2. The second-order valence-corrected chi connectivity index (χ2v) is 9.09. The van der Waals surface area contributed by atoms with E-state index >= 15 is 0 Å². The van der Waals surface area contributed by atoms with Crippen LogP contribution >= 0.6 is 0 Å². The summed E-state index contributed by atoms with van der Waals surface area (Å²) in [5.74, 6) is -0.881. The number of ketones is 1. The van der Waals surface area contributed by atoms with Gasteiger partial charge in [0.1, 0.15) is 0 Å². The van der Waals surface area contributed by atoms with Gasteiger partial charge in [-0.05, 0) is 46.9 Å². The average molecular weight is 483 g/mol. The van der Waals surface area contributed by atoms with Crippen molar-refractivity contribution in [2.75, 3.05) is 7.11 Å². The maximum Gasteiger partial charge on any atom is 0.290 e. The third-order valence-corrected chi connectivity index (χ3v) is 6.52. The van der Waals surface area contributed by atoms with Crippen LogP contribution in [-0.2, 0) is 11.3 Å². The molecule has 36 heavy (non-hydrogen) atoms. The summed E-state index contributed by atoms with van der Waals surface area (Å²) < 4.78 is 11.2. The molecule has 1 N–H and O–H groups in total. The molecule has 3 heterocycles. The molecular formula is C29H26N2O5. The number of fused-ring (bicyclic) bond motifs is 1. The van der Waals surface area contributed by atoms with Gasteiger partial charge in [0.2, 0.25) is 5.78 Å². The van der Waals surface area contributed by atoms with Crippen LogP contribution in [0.15, 0.2) is 88.8 Å². The van der Waals surface area contributed by atoms with Crippen molar-refractivity contribution < 1.29 is 23.8 Å². The number of aliphatic hydroxyl groups excluding tert-OH is 1. The molecule has 4 aromatic rings. The third kappa shape index (κ3) is 4.02. The summed E-state index contributed by atoms with van der Waals surface area (Å²) in [6, 6.07) is 17.6. The zero-order valence-electron chi connectivity index (χ0n) is 20.3. The number of carbonyl (C=O) groups is 2. The SMILES string of the molecule is COc1cccc2cc(C(=O)C3=C(O)C(=O)N(Cc4ccncc4)C3c3ccc(C(C)C)cc3)oc12. The first-order chi connectivity index (χ1) is 17.4. The summed E-state index contributed by atoms with van der Waals surface area (Å²) >= 11 is 0. The lowest BCUT2D eigenvalue weighted by molar-refractivity contribution is -0.130. The Hall–Kier alpha value is -4.39. The molecule has 7 heteroatoms. The van der Waals surface area contributed by atoms with Gasteiger partial charge in [-0.3, -0.25) is 14.6 Å². The van der Waals surface area contributed by atoms with Crippen molar-refractivity contribution >= 4 is 22.7 Å². The Morgan fingerprint density at radius 2 is 1.83 bits per heavy atom. The Kier molecular flexibility index (Phi) is 6.06. The molecule has 7 nitrogen and oxygen atoms in total. The molecule has 2 aromatic carbocycles. The number of hydrogen-bond acceptors (Lipinski definition) is 6. The van der Waals surface area contributed by atoms with E-state index in [4.69, 9.17) is 9.15 Å². The molecule has 0 spiro atoms. The summed E-state index contributed by atoms with van der Waals surface area (Å²) in [7, 11) is 1.52. The number of hydrogen-bond donors (Lipinski definition) is 1. The summed E-state index contributed by atoms with van der Waals surface area (Å²) in [6.07, 6.45) is 3.28. The fourth-order valence-corrected chi connectivity index (χ4v) is 4.59. The van der Waals surface area contributed by atoms with Gasteiger partial charge in [-0.25, -0.2) is 0 Å². The van der Waals surface area contributed by atoms with Crippen molar-refractivity contribution in [3.8, 4) is 5.75 Å². The Morgan fingerprint density at radius 3 is 2.50 bits per heavy atom. The lowest BCUT2D eigenvalue weighted by atomic mass is 9.92. The fourth-order valence-electron chi connectivity index (χ4n) is 4.59. The topological polar surface area (TPSA) is 92.9 Å². The maximum absolute atomic E-state index is 13.8. The van der Waals surface area contributed by atoms with Gasteiger partial charge >= 0.3 is 0 Å². The number of aromatic nitrogens is 1. The molecule has 1 unspecified atom stereocenters. The molecule has 1 aliphatic rings. The zero-order valence-corrected chi connectivity index (χ0v) is 20.3. The molecule has 2 aromatic heterocycles. The first-order valence-corrected chi connectivity index (χ1v) is 11.7. The van der Waals surface area contributed by atoms with Crippen molar-refractivity contribution in [1.82, 2.24) is 9.88 Å². The average Bonchev–Trinajstić information content (AvgIpc) is 3.44.